The third-order valence-electron chi connectivity index (χ3n) is 4.06. The van der Waals surface area contributed by atoms with Gasteiger partial charge in [-0.15, -0.1) is 0 Å². The number of amides is 1. The maximum absolute atomic E-state index is 13.0. The zero-order valence-corrected chi connectivity index (χ0v) is 14.7. The Balaban J connectivity index is 1.54. The molecule has 0 fully saturated rings. The van der Waals surface area contributed by atoms with E-state index >= 15 is 0 Å². The first-order valence-electron chi connectivity index (χ1n) is 8.46. The molecule has 0 unspecified atom stereocenters. The number of aryl methyl sites for hydroxylation is 2. The van der Waals surface area contributed by atoms with E-state index in [4.69, 9.17) is 4.52 Å². The molecule has 0 bridgehead atoms. The van der Waals surface area contributed by atoms with Crippen molar-refractivity contribution in [3.8, 4) is 11.4 Å². The van der Waals surface area contributed by atoms with Gasteiger partial charge in [-0.2, -0.15) is 4.98 Å². The molecule has 0 saturated carbocycles. The molecule has 0 spiro atoms. The van der Waals surface area contributed by atoms with E-state index in [9.17, 15) is 9.18 Å². The highest BCUT2D eigenvalue weighted by atomic mass is 19.1. The summed E-state index contributed by atoms with van der Waals surface area (Å²) in [6, 6.07) is 13.7. The fraction of sp³-hybridized carbons (Fsp3) is 0.250. The fourth-order valence-electron chi connectivity index (χ4n) is 2.63. The third-order valence-corrected chi connectivity index (χ3v) is 4.06. The van der Waals surface area contributed by atoms with Crippen LogP contribution in [0.1, 0.15) is 36.4 Å². The van der Waals surface area contributed by atoms with E-state index in [1.807, 2.05) is 38.1 Å². The molecule has 0 aliphatic carbocycles. The van der Waals surface area contributed by atoms with Crippen molar-refractivity contribution < 1.29 is 13.7 Å². The molecular formula is C20H20FN3O2. The van der Waals surface area contributed by atoms with Crippen molar-refractivity contribution in [3.63, 3.8) is 0 Å². The summed E-state index contributed by atoms with van der Waals surface area (Å²) in [6.07, 6.45) is 0.599. The second kappa shape index (κ2) is 7.91. The van der Waals surface area contributed by atoms with Crippen LogP contribution in [0.5, 0.6) is 0 Å². The number of nitrogens with zero attached hydrogens (tertiary/aromatic N) is 2. The number of aromatic nitrogens is 2. The van der Waals surface area contributed by atoms with Gasteiger partial charge in [0.15, 0.2) is 0 Å². The second-order valence-corrected chi connectivity index (χ2v) is 6.22. The van der Waals surface area contributed by atoms with Crippen molar-refractivity contribution in [2.75, 3.05) is 0 Å². The summed E-state index contributed by atoms with van der Waals surface area (Å²) < 4.78 is 18.2. The minimum Gasteiger partial charge on any atom is -0.350 e. The molecule has 26 heavy (non-hydrogen) atoms. The van der Waals surface area contributed by atoms with Crippen LogP contribution < -0.4 is 5.32 Å². The van der Waals surface area contributed by atoms with Crippen LogP contribution in [0.25, 0.3) is 11.4 Å². The maximum Gasteiger partial charge on any atom is 0.227 e. The van der Waals surface area contributed by atoms with E-state index in [1.54, 1.807) is 12.1 Å². The predicted molar refractivity (Wildman–Crippen MR) is 95.7 cm³/mol. The number of carbonyl (C=O) groups is 1. The molecule has 0 saturated heterocycles. The predicted octanol–water partition coefficient (Wildman–Crippen LogP) is 3.99. The standard InChI is InChI=1S/C20H20FN3O2/c1-13-4-3-5-16(12-13)20-23-19(26-24-20)11-10-18(25)22-14(2)15-6-8-17(21)9-7-15/h3-9,12,14H,10-11H2,1-2H3,(H,22,25)/t14-/m1/s1. The van der Waals surface area contributed by atoms with Crippen molar-refractivity contribution >= 4 is 5.91 Å². The molecule has 0 aliphatic rings. The van der Waals surface area contributed by atoms with Crippen LogP contribution in [0.2, 0.25) is 0 Å². The van der Waals surface area contributed by atoms with Gasteiger partial charge < -0.3 is 9.84 Å². The number of hydrogen-bond acceptors (Lipinski definition) is 4. The molecular weight excluding hydrogens is 333 g/mol. The lowest BCUT2D eigenvalue weighted by Gasteiger charge is -2.13. The molecule has 0 aliphatic heterocycles. The van der Waals surface area contributed by atoms with Gasteiger partial charge in [0, 0.05) is 18.4 Å². The Hall–Kier alpha value is -3.02. The molecule has 3 aromatic rings. The van der Waals surface area contributed by atoms with Gasteiger partial charge in [-0.1, -0.05) is 41.1 Å². The van der Waals surface area contributed by atoms with Crippen molar-refractivity contribution in [3.05, 3.63) is 71.4 Å². The Labute approximate surface area is 151 Å². The van der Waals surface area contributed by atoms with Gasteiger partial charge in [-0.3, -0.25) is 4.79 Å². The van der Waals surface area contributed by atoms with E-state index in [-0.39, 0.29) is 24.2 Å². The van der Waals surface area contributed by atoms with Crippen molar-refractivity contribution in [1.82, 2.24) is 15.5 Å². The van der Waals surface area contributed by atoms with Gasteiger partial charge in [-0.05, 0) is 37.6 Å². The maximum atomic E-state index is 13.0. The zero-order chi connectivity index (χ0) is 18.5. The zero-order valence-electron chi connectivity index (χ0n) is 14.7. The summed E-state index contributed by atoms with van der Waals surface area (Å²) in [5, 5.41) is 6.85. The topological polar surface area (TPSA) is 68.0 Å². The number of benzene rings is 2. The highest BCUT2D eigenvalue weighted by molar-refractivity contribution is 5.76. The lowest BCUT2D eigenvalue weighted by atomic mass is 10.1. The van der Waals surface area contributed by atoms with Crippen LogP contribution in [0.15, 0.2) is 53.1 Å². The Kier molecular flexibility index (Phi) is 5.41. The number of rotatable bonds is 6. The molecule has 134 valence electrons. The normalized spacial score (nSPS) is 12.0. The molecule has 3 rings (SSSR count). The van der Waals surface area contributed by atoms with E-state index in [2.05, 4.69) is 15.5 Å². The van der Waals surface area contributed by atoms with E-state index in [1.165, 1.54) is 12.1 Å². The van der Waals surface area contributed by atoms with Gasteiger partial charge in [0.05, 0.1) is 6.04 Å². The van der Waals surface area contributed by atoms with Crippen molar-refractivity contribution in [2.45, 2.75) is 32.7 Å². The minimum absolute atomic E-state index is 0.128. The fourth-order valence-corrected chi connectivity index (χ4v) is 2.63. The van der Waals surface area contributed by atoms with Gasteiger partial charge >= 0.3 is 0 Å². The smallest absolute Gasteiger partial charge is 0.227 e. The average Bonchev–Trinajstić information content (AvgIpc) is 3.09. The Bertz CT molecular complexity index is 890. The lowest BCUT2D eigenvalue weighted by molar-refractivity contribution is -0.121. The summed E-state index contributed by atoms with van der Waals surface area (Å²) in [4.78, 5) is 16.5. The van der Waals surface area contributed by atoms with Crippen LogP contribution in [0.4, 0.5) is 4.39 Å². The molecule has 1 N–H and O–H groups in total. The first-order chi connectivity index (χ1) is 12.5. The lowest BCUT2D eigenvalue weighted by Crippen LogP contribution is -2.26. The highest BCUT2D eigenvalue weighted by Gasteiger charge is 2.13. The molecule has 6 heteroatoms. The summed E-state index contributed by atoms with van der Waals surface area (Å²) in [7, 11) is 0. The van der Waals surface area contributed by atoms with E-state index in [0.717, 1.165) is 16.7 Å². The number of halogens is 1. The molecule has 1 heterocycles. The Morgan fingerprint density at radius 3 is 2.73 bits per heavy atom. The monoisotopic (exact) mass is 353 g/mol. The quantitative estimate of drug-likeness (QED) is 0.727. The molecule has 1 amide bonds. The largest absolute Gasteiger partial charge is 0.350 e. The summed E-state index contributed by atoms with van der Waals surface area (Å²) in [5.74, 6) is 0.514. The summed E-state index contributed by atoms with van der Waals surface area (Å²) >= 11 is 0. The Morgan fingerprint density at radius 1 is 1.23 bits per heavy atom. The highest BCUT2D eigenvalue weighted by Crippen LogP contribution is 2.18. The molecule has 0 radical (unpaired) electrons. The van der Waals surface area contributed by atoms with Crippen LogP contribution >= 0.6 is 0 Å². The van der Waals surface area contributed by atoms with Crippen LogP contribution in [-0.2, 0) is 11.2 Å². The molecule has 1 aromatic heterocycles. The van der Waals surface area contributed by atoms with Gasteiger partial charge in [-0.25, -0.2) is 4.39 Å². The van der Waals surface area contributed by atoms with E-state index < -0.39 is 0 Å². The van der Waals surface area contributed by atoms with Crippen molar-refractivity contribution in [1.29, 1.82) is 0 Å². The minimum atomic E-state index is -0.298. The summed E-state index contributed by atoms with van der Waals surface area (Å²) in [5.41, 5.74) is 2.84. The van der Waals surface area contributed by atoms with Crippen LogP contribution in [0, 0.1) is 12.7 Å². The first-order valence-corrected chi connectivity index (χ1v) is 8.46. The second-order valence-electron chi connectivity index (χ2n) is 6.22. The number of carbonyl (C=O) groups excluding carboxylic acids is 1. The molecule has 5 nitrogen and oxygen atoms in total. The van der Waals surface area contributed by atoms with Gasteiger partial charge in [0.2, 0.25) is 17.6 Å². The van der Waals surface area contributed by atoms with Crippen LogP contribution in [0.3, 0.4) is 0 Å². The van der Waals surface area contributed by atoms with E-state index in [0.29, 0.717) is 18.1 Å². The SMILES string of the molecule is Cc1cccc(-c2noc(CCC(=O)N[C@H](C)c3ccc(F)cc3)n2)c1. The molecule has 2 aromatic carbocycles. The number of hydrogen-bond donors (Lipinski definition) is 1. The third kappa shape index (κ3) is 4.53. The summed E-state index contributed by atoms with van der Waals surface area (Å²) in [6.45, 7) is 3.85. The van der Waals surface area contributed by atoms with Crippen molar-refractivity contribution in [2.24, 2.45) is 0 Å². The number of nitrogens with one attached hydrogen (secondary N) is 1. The van der Waals surface area contributed by atoms with Crippen LogP contribution in [-0.4, -0.2) is 16.0 Å². The first kappa shape index (κ1) is 17.8. The van der Waals surface area contributed by atoms with Gasteiger partial charge in [0.1, 0.15) is 5.82 Å². The Morgan fingerprint density at radius 2 is 2.00 bits per heavy atom. The molecule has 1 atom stereocenters. The van der Waals surface area contributed by atoms with Gasteiger partial charge in [0.25, 0.3) is 0 Å². The average molecular weight is 353 g/mol.